The number of rotatable bonds is 7. The molecule has 1 atom stereocenters. The number of thiazole rings is 1. The van der Waals surface area contributed by atoms with Gasteiger partial charge in [-0.3, -0.25) is 14.7 Å². The first-order chi connectivity index (χ1) is 8.22. The zero-order valence-corrected chi connectivity index (χ0v) is 11.5. The smallest absolute Gasteiger partial charge is 0.307 e. The lowest BCUT2D eigenvalue weighted by atomic mass is 10.1. The van der Waals surface area contributed by atoms with Crippen LogP contribution >= 0.6 is 11.3 Å². The molecule has 1 heterocycles. The Morgan fingerprint density at radius 2 is 2.18 bits per heavy atom. The van der Waals surface area contributed by atoms with Crippen LogP contribution in [0.1, 0.15) is 38.1 Å². The Hall–Kier alpha value is -0.940. The lowest BCUT2D eigenvalue weighted by Gasteiger charge is -2.27. The molecule has 1 aromatic heterocycles. The number of aromatic nitrogens is 1. The van der Waals surface area contributed by atoms with Crippen LogP contribution in [0.4, 0.5) is 0 Å². The van der Waals surface area contributed by atoms with Crippen LogP contribution < -0.4 is 0 Å². The number of hydrogen-bond donors (Lipinski definition) is 0. The Labute approximate surface area is 107 Å². The quantitative estimate of drug-likeness (QED) is 0.703. The molecule has 0 saturated heterocycles. The molecule has 4 nitrogen and oxygen atoms in total. The Morgan fingerprint density at radius 3 is 2.65 bits per heavy atom. The molecule has 0 fully saturated rings. The number of ether oxygens (including phenoxy) is 1. The summed E-state index contributed by atoms with van der Waals surface area (Å²) in [6, 6.07) is 0.0940. The molecule has 0 spiro atoms. The molecule has 1 aromatic rings. The summed E-state index contributed by atoms with van der Waals surface area (Å²) in [5.74, 6) is -0.141. The van der Waals surface area contributed by atoms with E-state index in [-0.39, 0.29) is 12.0 Å². The van der Waals surface area contributed by atoms with E-state index in [9.17, 15) is 4.79 Å². The highest BCUT2D eigenvalue weighted by atomic mass is 32.1. The van der Waals surface area contributed by atoms with Gasteiger partial charge in [0.05, 0.1) is 24.6 Å². The third-order valence-electron chi connectivity index (χ3n) is 2.70. The van der Waals surface area contributed by atoms with Gasteiger partial charge in [-0.25, -0.2) is 0 Å². The molecule has 1 unspecified atom stereocenters. The maximum Gasteiger partial charge on any atom is 0.307 e. The second-order valence-electron chi connectivity index (χ2n) is 3.65. The Morgan fingerprint density at radius 1 is 1.47 bits per heavy atom. The second kappa shape index (κ2) is 7.40. The zero-order valence-electron chi connectivity index (χ0n) is 10.7. The third kappa shape index (κ3) is 4.09. The first-order valence-electron chi connectivity index (χ1n) is 6.00. The van der Waals surface area contributed by atoms with Gasteiger partial charge < -0.3 is 4.74 Å². The highest BCUT2D eigenvalue weighted by molar-refractivity contribution is 7.09. The molecule has 1 rings (SSSR count). The molecule has 0 aliphatic carbocycles. The van der Waals surface area contributed by atoms with Crippen molar-refractivity contribution in [3.63, 3.8) is 0 Å². The number of hydrogen-bond acceptors (Lipinski definition) is 5. The minimum atomic E-state index is -0.141. The van der Waals surface area contributed by atoms with Crippen molar-refractivity contribution in [3.8, 4) is 0 Å². The van der Waals surface area contributed by atoms with Crippen LogP contribution in [0.15, 0.2) is 11.7 Å². The predicted octanol–water partition coefficient (Wildman–Crippen LogP) is 2.48. The van der Waals surface area contributed by atoms with E-state index in [1.807, 2.05) is 13.1 Å². The van der Waals surface area contributed by atoms with Gasteiger partial charge >= 0.3 is 5.97 Å². The summed E-state index contributed by atoms with van der Waals surface area (Å²) >= 11 is 1.59. The average molecular weight is 256 g/mol. The molecule has 0 aliphatic rings. The van der Waals surface area contributed by atoms with Crippen LogP contribution in [0.25, 0.3) is 0 Å². The lowest BCUT2D eigenvalue weighted by molar-refractivity contribution is -0.144. The minimum absolute atomic E-state index is 0.0940. The van der Waals surface area contributed by atoms with Crippen LogP contribution in [0.5, 0.6) is 0 Å². The average Bonchev–Trinajstić information content (AvgIpc) is 2.83. The number of nitrogens with zero attached hydrogens (tertiary/aromatic N) is 2. The first kappa shape index (κ1) is 14.1. The molecule has 0 saturated carbocycles. The topological polar surface area (TPSA) is 42.4 Å². The number of carbonyl (C=O) groups excluding carboxylic acids is 1. The SMILES string of the molecule is CCOC(=O)CC(c1cncs1)N(CC)CC. The van der Waals surface area contributed by atoms with Gasteiger partial charge in [0.2, 0.25) is 0 Å². The Balaban J connectivity index is 2.76. The largest absolute Gasteiger partial charge is 0.466 e. The summed E-state index contributed by atoms with van der Waals surface area (Å²) in [5, 5.41) is 0. The second-order valence-corrected chi connectivity index (χ2v) is 4.57. The van der Waals surface area contributed by atoms with Gasteiger partial charge in [-0.1, -0.05) is 13.8 Å². The van der Waals surface area contributed by atoms with E-state index in [1.165, 1.54) is 0 Å². The Kier molecular flexibility index (Phi) is 6.15. The molecule has 0 radical (unpaired) electrons. The van der Waals surface area contributed by atoms with E-state index in [0.717, 1.165) is 18.0 Å². The van der Waals surface area contributed by atoms with E-state index in [4.69, 9.17) is 4.74 Å². The van der Waals surface area contributed by atoms with E-state index >= 15 is 0 Å². The molecule has 0 aliphatic heterocycles. The van der Waals surface area contributed by atoms with Crippen LogP contribution in [-0.2, 0) is 9.53 Å². The van der Waals surface area contributed by atoms with Crippen molar-refractivity contribution in [2.45, 2.75) is 33.2 Å². The van der Waals surface area contributed by atoms with Gasteiger partial charge in [0.15, 0.2) is 0 Å². The summed E-state index contributed by atoms with van der Waals surface area (Å²) in [5.41, 5.74) is 1.80. The maximum atomic E-state index is 11.6. The van der Waals surface area contributed by atoms with Crippen LogP contribution in [0.3, 0.4) is 0 Å². The van der Waals surface area contributed by atoms with E-state index in [0.29, 0.717) is 13.0 Å². The summed E-state index contributed by atoms with van der Waals surface area (Å²) in [7, 11) is 0. The molecular formula is C12H20N2O2S. The van der Waals surface area contributed by atoms with Gasteiger partial charge in [-0.2, -0.15) is 0 Å². The molecule has 0 aromatic carbocycles. The molecule has 0 N–H and O–H groups in total. The van der Waals surface area contributed by atoms with Gasteiger partial charge in [-0.05, 0) is 20.0 Å². The van der Waals surface area contributed by atoms with E-state index in [1.54, 1.807) is 16.8 Å². The summed E-state index contributed by atoms with van der Waals surface area (Å²) < 4.78 is 5.03. The fourth-order valence-electron chi connectivity index (χ4n) is 1.84. The molecular weight excluding hydrogens is 236 g/mol. The number of esters is 1. The predicted molar refractivity (Wildman–Crippen MR) is 69.0 cm³/mol. The number of carbonyl (C=O) groups is 1. The van der Waals surface area contributed by atoms with E-state index in [2.05, 4.69) is 23.7 Å². The fourth-order valence-corrected chi connectivity index (χ4v) is 2.60. The molecule has 17 heavy (non-hydrogen) atoms. The minimum Gasteiger partial charge on any atom is -0.466 e. The monoisotopic (exact) mass is 256 g/mol. The van der Waals surface area contributed by atoms with Crippen LogP contribution in [0.2, 0.25) is 0 Å². The van der Waals surface area contributed by atoms with Crippen molar-refractivity contribution in [1.29, 1.82) is 0 Å². The standard InChI is InChI=1S/C12H20N2O2S/c1-4-14(5-2)10(7-12(15)16-6-3)11-8-13-9-17-11/h8-10H,4-7H2,1-3H3. The van der Waals surface area contributed by atoms with Crippen molar-refractivity contribution in [3.05, 3.63) is 16.6 Å². The van der Waals surface area contributed by atoms with E-state index < -0.39 is 0 Å². The highest BCUT2D eigenvalue weighted by Gasteiger charge is 2.23. The molecule has 5 heteroatoms. The van der Waals surface area contributed by atoms with Gasteiger partial charge in [0, 0.05) is 11.1 Å². The van der Waals surface area contributed by atoms with Crippen LogP contribution in [-0.4, -0.2) is 35.5 Å². The molecule has 96 valence electrons. The van der Waals surface area contributed by atoms with Crippen molar-refractivity contribution < 1.29 is 9.53 Å². The van der Waals surface area contributed by atoms with Gasteiger partial charge in [0.25, 0.3) is 0 Å². The summed E-state index contributed by atoms with van der Waals surface area (Å²) in [6.45, 7) is 8.30. The third-order valence-corrected chi connectivity index (χ3v) is 3.58. The highest BCUT2D eigenvalue weighted by Crippen LogP contribution is 2.27. The van der Waals surface area contributed by atoms with Crippen molar-refractivity contribution >= 4 is 17.3 Å². The summed E-state index contributed by atoms with van der Waals surface area (Å²) in [6.07, 6.45) is 2.24. The zero-order chi connectivity index (χ0) is 12.7. The fraction of sp³-hybridized carbons (Fsp3) is 0.667. The maximum absolute atomic E-state index is 11.6. The Bertz CT molecular complexity index is 323. The van der Waals surface area contributed by atoms with Gasteiger partial charge in [-0.15, -0.1) is 11.3 Å². The lowest BCUT2D eigenvalue weighted by Crippen LogP contribution is -2.30. The van der Waals surface area contributed by atoms with Crippen molar-refractivity contribution in [2.24, 2.45) is 0 Å². The van der Waals surface area contributed by atoms with Gasteiger partial charge in [0.1, 0.15) is 0 Å². The van der Waals surface area contributed by atoms with Crippen molar-refractivity contribution in [1.82, 2.24) is 9.88 Å². The van der Waals surface area contributed by atoms with Crippen LogP contribution in [0, 0.1) is 0 Å². The molecule has 0 bridgehead atoms. The summed E-state index contributed by atoms with van der Waals surface area (Å²) in [4.78, 5) is 19.1. The van der Waals surface area contributed by atoms with Crippen molar-refractivity contribution in [2.75, 3.05) is 19.7 Å². The normalized spacial score (nSPS) is 12.7. The first-order valence-corrected chi connectivity index (χ1v) is 6.88. The molecule has 0 amide bonds.